The van der Waals surface area contributed by atoms with Crippen LogP contribution < -0.4 is 0 Å². The second kappa shape index (κ2) is 15.8. The van der Waals surface area contributed by atoms with E-state index in [9.17, 15) is 0 Å². The van der Waals surface area contributed by atoms with Crippen LogP contribution in [-0.4, -0.2) is 9.97 Å². The molecule has 0 aliphatic rings. The summed E-state index contributed by atoms with van der Waals surface area (Å²) in [6.07, 6.45) is -0.0223. The summed E-state index contributed by atoms with van der Waals surface area (Å²) in [5, 5.41) is 4.09. The summed E-state index contributed by atoms with van der Waals surface area (Å²) in [7, 11) is 0. The molecule has 3 heterocycles. The quantitative estimate of drug-likeness (QED) is 0.162. The van der Waals surface area contributed by atoms with Gasteiger partial charge in [0, 0.05) is 57.0 Å². The largest absolute Gasteiger partial charge is 0.500 e. The van der Waals surface area contributed by atoms with Crippen molar-refractivity contribution >= 4 is 32.7 Å². The summed E-state index contributed by atoms with van der Waals surface area (Å²) in [6.45, 7) is 6.39. The summed E-state index contributed by atoms with van der Waals surface area (Å²) in [5.74, 6) is 0. The molecule has 0 amide bonds. The number of hydrogen-bond donors (Lipinski definition) is 0. The molecule has 0 aliphatic heterocycles. The number of hydrogen-bond acceptors (Lipinski definition) is 3. The monoisotopic (exact) mass is 895 g/mol. The van der Waals surface area contributed by atoms with Crippen molar-refractivity contribution in [3.05, 3.63) is 156 Å². The van der Waals surface area contributed by atoms with E-state index in [0.29, 0.717) is 50.4 Å². The first kappa shape index (κ1) is 27.7. The minimum atomic E-state index is -2.44. The molecule has 0 bridgehead atoms. The maximum absolute atomic E-state index is 8.67. The maximum Gasteiger partial charge on any atom is 0.128 e. The van der Waals surface area contributed by atoms with E-state index in [1.54, 1.807) is 48.7 Å². The minimum absolute atomic E-state index is 0. The minimum Gasteiger partial charge on any atom is -0.500 e. The first-order valence-corrected chi connectivity index (χ1v) is 17.6. The van der Waals surface area contributed by atoms with Gasteiger partial charge in [-0.05, 0) is 81.1 Å². The van der Waals surface area contributed by atoms with E-state index >= 15 is 0 Å². The van der Waals surface area contributed by atoms with Gasteiger partial charge >= 0.3 is 0 Å². The zero-order valence-electron chi connectivity index (χ0n) is 41.2. The second-order valence-corrected chi connectivity index (χ2v) is 15.2. The summed E-state index contributed by atoms with van der Waals surface area (Å²) >= 11 is 0. The van der Waals surface area contributed by atoms with Crippen molar-refractivity contribution in [3.63, 3.8) is 0 Å². The molecule has 0 N–H and O–H groups in total. The average molecular weight is 895 g/mol. The first-order chi connectivity index (χ1) is 29.3. The van der Waals surface area contributed by atoms with Crippen molar-refractivity contribution in [2.45, 2.75) is 68.0 Å². The van der Waals surface area contributed by atoms with Gasteiger partial charge in [-0.1, -0.05) is 132 Å². The van der Waals surface area contributed by atoms with Crippen LogP contribution in [0.15, 0.2) is 126 Å². The Bertz CT molecular complexity index is 2940. The number of fused-ring (bicyclic) bond motifs is 5. The number of furan rings is 1. The van der Waals surface area contributed by atoms with Gasteiger partial charge in [0.15, 0.2) is 0 Å². The molecule has 0 spiro atoms. The maximum atomic E-state index is 8.67. The van der Waals surface area contributed by atoms with Gasteiger partial charge < -0.3 is 14.4 Å². The summed E-state index contributed by atoms with van der Waals surface area (Å²) in [6, 6.07) is 38.9. The van der Waals surface area contributed by atoms with Crippen LogP contribution in [0.4, 0.5) is 0 Å². The first-order valence-electron chi connectivity index (χ1n) is 22.6. The third-order valence-electron chi connectivity index (χ3n) is 8.56. The van der Waals surface area contributed by atoms with Gasteiger partial charge in [-0.15, -0.1) is 53.6 Å². The molecular formula is C50H48IrN2O-2. The standard InChI is InChI=1S/C33H28NO.C17H20N.Ir/c1-21-18-22(20-33(2,3)4)12-14-25(21)24-16-17-34-30(19-24)29-11-7-10-27-28-15-13-23-8-5-6-9-26(23)31(28)35-32(27)29;1-13-5-8-15(9-6-13)16-10-7-14(12-18-16)11-17(2,3)4;/h5-10,12-19H,20H2,1-4H3;5-8,10,12H,11H2,1-4H3;/q2*-1;/i1D3,20D2;1D3,11D2;. The van der Waals surface area contributed by atoms with Crippen LogP contribution in [0.5, 0.6) is 0 Å². The van der Waals surface area contributed by atoms with Crippen molar-refractivity contribution < 1.29 is 38.2 Å². The Kier molecular flexibility index (Phi) is 8.11. The summed E-state index contributed by atoms with van der Waals surface area (Å²) < 4.78 is 87.1. The molecule has 54 heavy (non-hydrogen) atoms. The van der Waals surface area contributed by atoms with Gasteiger partial charge in [0.05, 0.1) is 5.58 Å². The van der Waals surface area contributed by atoms with E-state index < -0.39 is 37.3 Å². The molecule has 275 valence electrons. The number of pyridine rings is 2. The topological polar surface area (TPSA) is 38.9 Å². The molecule has 8 rings (SSSR count). The molecule has 0 atom stereocenters. The molecule has 3 nitrogen and oxygen atoms in total. The Morgan fingerprint density at radius 3 is 2.19 bits per heavy atom. The van der Waals surface area contributed by atoms with Crippen LogP contribution in [0.3, 0.4) is 0 Å². The van der Waals surface area contributed by atoms with Gasteiger partial charge in [0.25, 0.3) is 0 Å². The van der Waals surface area contributed by atoms with Crippen LogP contribution in [0.25, 0.3) is 66.4 Å². The fourth-order valence-corrected chi connectivity index (χ4v) is 6.35. The van der Waals surface area contributed by atoms with Crippen LogP contribution >= 0.6 is 0 Å². The summed E-state index contributed by atoms with van der Waals surface area (Å²) in [5.41, 5.74) is 5.23. The predicted octanol–water partition coefficient (Wildman–Crippen LogP) is 13.6. The van der Waals surface area contributed by atoms with E-state index in [2.05, 4.69) is 40.3 Å². The number of benzene rings is 5. The Hall–Kier alpha value is -4.89. The van der Waals surface area contributed by atoms with Crippen molar-refractivity contribution in [3.8, 4) is 33.6 Å². The zero-order chi connectivity index (χ0) is 45.9. The Morgan fingerprint density at radius 1 is 0.685 bits per heavy atom. The van der Waals surface area contributed by atoms with Crippen molar-refractivity contribution in [2.24, 2.45) is 10.8 Å². The third-order valence-corrected chi connectivity index (χ3v) is 8.56. The number of aryl methyl sites for hydroxylation is 2. The Balaban J connectivity index is 0.000000243. The second-order valence-electron chi connectivity index (χ2n) is 15.2. The SMILES string of the molecule is [2H]C([2H])([2H])c1c[c-]c(-c2ccc(C([2H])([2H])C(C)(C)C)cn2)cc1.[2H]C([2H])([2H])c1cc(C([2H])([2H])C(C)(C)C)ccc1-c1ccnc(-c2[c-]ccc3c2oc2c4ccccc4ccc32)c1.[Ir]. The van der Waals surface area contributed by atoms with E-state index in [0.717, 1.165) is 27.1 Å². The molecule has 8 aromatic rings. The van der Waals surface area contributed by atoms with E-state index in [1.807, 2.05) is 77.9 Å². The molecule has 0 saturated heterocycles. The number of nitrogens with zero attached hydrogens (tertiary/aromatic N) is 2. The fourth-order valence-electron chi connectivity index (χ4n) is 6.35. The molecule has 1 radical (unpaired) electrons. The molecule has 3 aromatic heterocycles. The summed E-state index contributed by atoms with van der Waals surface area (Å²) in [4.78, 5) is 8.92. The van der Waals surface area contributed by atoms with Gasteiger partial charge in [-0.25, -0.2) is 0 Å². The fraction of sp³-hybridized carbons (Fsp3) is 0.240. The zero-order valence-corrected chi connectivity index (χ0v) is 33.6. The molecule has 0 unspecified atom stereocenters. The molecule has 0 saturated carbocycles. The van der Waals surface area contributed by atoms with Crippen molar-refractivity contribution in [2.75, 3.05) is 0 Å². The smallest absolute Gasteiger partial charge is 0.128 e. The van der Waals surface area contributed by atoms with Crippen LogP contribution in [0.1, 0.15) is 77.5 Å². The number of aromatic nitrogens is 2. The normalized spacial score (nSPS) is 15.4. The van der Waals surface area contributed by atoms with Crippen LogP contribution in [-0.2, 0) is 32.9 Å². The molecule has 0 fully saturated rings. The van der Waals surface area contributed by atoms with E-state index in [1.165, 1.54) is 18.3 Å². The van der Waals surface area contributed by atoms with E-state index in [-0.39, 0.29) is 31.2 Å². The number of rotatable bonds is 5. The molecule has 4 heteroatoms. The molecule has 0 aliphatic carbocycles. The van der Waals surface area contributed by atoms with Gasteiger partial charge in [-0.2, -0.15) is 0 Å². The predicted molar refractivity (Wildman–Crippen MR) is 223 cm³/mol. The Morgan fingerprint density at radius 2 is 1.46 bits per heavy atom. The van der Waals surface area contributed by atoms with Crippen molar-refractivity contribution in [1.29, 1.82) is 0 Å². The molecule has 5 aromatic carbocycles. The van der Waals surface area contributed by atoms with Gasteiger partial charge in [0.1, 0.15) is 5.58 Å². The molecular weight excluding hydrogens is 837 g/mol. The van der Waals surface area contributed by atoms with Crippen LogP contribution in [0.2, 0.25) is 0 Å². The third kappa shape index (κ3) is 8.90. The van der Waals surface area contributed by atoms with Crippen LogP contribution in [0, 0.1) is 36.7 Å². The Labute approximate surface area is 348 Å². The van der Waals surface area contributed by atoms with Gasteiger partial charge in [-0.3, -0.25) is 0 Å². The van der Waals surface area contributed by atoms with Gasteiger partial charge in [0.2, 0.25) is 0 Å². The average Bonchev–Trinajstić information content (AvgIpc) is 3.62. The van der Waals surface area contributed by atoms with Crippen molar-refractivity contribution in [1.82, 2.24) is 9.97 Å². The van der Waals surface area contributed by atoms with E-state index in [4.69, 9.17) is 18.1 Å².